The molecule has 25 heavy (non-hydrogen) atoms. The number of carbonyl (C=O) groups excluding carboxylic acids is 1. The van der Waals surface area contributed by atoms with E-state index in [1.165, 1.54) is 19.2 Å². The van der Waals surface area contributed by atoms with E-state index in [0.29, 0.717) is 36.8 Å². The molecule has 0 saturated carbocycles. The number of aliphatic carboxylic acids is 1. The maximum atomic E-state index is 13.5. The molecule has 0 radical (unpaired) electrons. The number of fused-ring (bicyclic) bond motifs is 1. The van der Waals surface area contributed by atoms with E-state index in [4.69, 9.17) is 16.3 Å². The van der Waals surface area contributed by atoms with Crippen LogP contribution in [0.2, 0.25) is 5.02 Å². The van der Waals surface area contributed by atoms with Gasteiger partial charge in [-0.3, -0.25) is 14.5 Å². The Kier molecular flexibility index (Phi) is 4.99. The number of carbonyl (C=O) groups is 2. The van der Waals surface area contributed by atoms with Crippen LogP contribution in [0.5, 0.6) is 0 Å². The summed E-state index contributed by atoms with van der Waals surface area (Å²) in [7, 11) is 1.44. The molecule has 0 spiro atoms. The summed E-state index contributed by atoms with van der Waals surface area (Å²) in [5, 5.41) is 10.1. The van der Waals surface area contributed by atoms with Crippen LogP contribution in [0.1, 0.15) is 5.56 Å². The molecule has 2 aliphatic heterocycles. The van der Waals surface area contributed by atoms with Gasteiger partial charge in [0.05, 0.1) is 0 Å². The predicted octanol–water partition coefficient (Wildman–Crippen LogP) is 1.47. The lowest BCUT2D eigenvalue weighted by Crippen LogP contribution is -2.42. The fourth-order valence-electron chi connectivity index (χ4n) is 3.96. The number of nitrogens with zero attached hydrogens (tertiary/aromatic N) is 2. The topological polar surface area (TPSA) is 70.1 Å². The summed E-state index contributed by atoms with van der Waals surface area (Å²) in [5.74, 6) is -1.66. The molecule has 0 unspecified atom stereocenters. The molecular weight excluding hydrogens is 351 g/mol. The summed E-state index contributed by atoms with van der Waals surface area (Å²) in [5.41, 5.74) is -0.279. The molecule has 3 rings (SSSR count). The second-order valence-electron chi connectivity index (χ2n) is 6.81. The first-order valence-electron chi connectivity index (χ1n) is 8.01. The highest BCUT2D eigenvalue weighted by Gasteiger charge is 2.58. The highest BCUT2D eigenvalue weighted by molar-refractivity contribution is 6.30. The average molecular weight is 371 g/mol. The van der Waals surface area contributed by atoms with Crippen LogP contribution in [0.25, 0.3) is 0 Å². The van der Waals surface area contributed by atoms with E-state index in [-0.39, 0.29) is 25.0 Å². The van der Waals surface area contributed by atoms with Gasteiger partial charge in [-0.05, 0) is 23.8 Å². The minimum absolute atomic E-state index is 0.0477. The van der Waals surface area contributed by atoms with Crippen molar-refractivity contribution in [1.29, 1.82) is 0 Å². The Balaban J connectivity index is 1.73. The summed E-state index contributed by atoms with van der Waals surface area (Å²) in [6.07, 6.45) is 0. The van der Waals surface area contributed by atoms with Gasteiger partial charge in [0, 0.05) is 50.8 Å². The number of rotatable bonds is 5. The van der Waals surface area contributed by atoms with Crippen LogP contribution in [0, 0.1) is 17.2 Å². The van der Waals surface area contributed by atoms with E-state index in [1.807, 2.05) is 4.90 Å². The number of methoxy groups -OCH3 is 1. The first kappa shape index (κ1) is 18.1. The Morgan fingerprint density at radius 2 is 2.12 bits per heavy atom. The third kappa shape index (κ3) is 3.49. The zero-order valence-electron chi connectivity index (χ0n) is 13.9. The molecule has 6 nitrogen and oxygen atoms in total. The number of hydrogen-bond acceptors (Lipinski definition) is 4. The Bertz CT molecular complexity index is 681. The molecule has 8 heteroatoms. The van der Waals surface area contributed by atoms with E-state index < -0.39 is 17.2 Å². The van der Waals surface area contributed by atoms with Crippen molar-refractivity contribution in [2.45, 2.75) is 6.54 Å². The molecule has 0 aliphatic carbocycles. The van der Waals surface area contributed by atoms with E-state index in [9.17, 15) is 19.1 Å². The minimum Gasteiger partial charge on any atom is -0.481 e. The normalized spacial score (nSPS) is 26.0. The minimum atomic E-state index is -0.986. The van der Waals surface area contributed by atoms with E-state index in [2.05, 4.69) is 0 Å². The van der Waals surface area contributed by atoms with Crippen LogP contribution in [0.4, 0.5) is 4.39 Å². The number of amides is 1. The smallest absolute Gasteiger partial charge is 0.313 e. The van der Waals surface area contributed by atoms with Crippen molar-refractivity contribution in [2.24, 2.45) is 11.3 Å². The van der Waals surface area contributed by atoms with Gasteiger partial charge < -0.3 is 14.7 Å². The molecule has 2 atom stereocenters. The lowest BCUT2D eigenvalue weighted by atomic mass is 9.81. The molecule has 136 valence electrons. The van der Waals surface area contributed by atoms with Crippen LogP contribution >= 0.6 is 11.6 Å². The molecule has 1 aromatic carbocycles. The van der Waals surface area contributed by atoms with Gasteiger partial charge in [0.2, 0.25) is 5.91 Å². The van der Waals surface area contributed by atoms with Crippen LogP contribution in [0.15, 0.2) is 18.2 Å². The number of carboxylic acid groups (broad SMARTS) is 1. The number of ether oxygens (including phenoxy) is 1. The SMILES string of the molecule is COCC(=O)N1C[C@@H]2CN(Cc3cc(F)cc(Cl)c3)C[C@]2(C(=O)O)C1. The van der Waals surface area contributed by atoms with Crippen molar-refractivity contribution in [3.63, 3.8) is 0 Å². The van der Waals surface area contributed by atoms with Crippen molar-refractivity contribution < 1.29 is 23.8 Å². The van der Waals surface area contributed by atoms with Crippen molar-refractivity contribution in [3.8, 4) is 0 Å². The molecule has 2 heterocycles. The largest absolute Gasteiger partial charge is 0.481 e. The van der Waals surface area contributed by atoms with E-state index in [1.54, 1.807) is 11.0 Å². The fourth-order valence-corrected chi connectivity index (χ4v) is 4.20. The summed E-state index contributed by atoms with van der Waals surface area (Å²) in [6.45, 7) is 1.81. The second kappa shape index (κ2) is 6.90. The van der Waals surface area contributed by atoms with E-state index >= 15 is 0 Å². The molecule has 0 aromatic heterocycles. The van der Waals surface area contributed by atoms with Crippen molar-refractivity contribution in [2.75, 3.05) is 39.9 Å². The quantitative estimate of drug-likeness (QED) is 0.850. The fraction of sp³-hybridized carbons (Fsp3) is 0.529. The van der Waals surface area contributed by atoms with Gasteiger partial charge in [-0.15, -0.1) is 0 Å². The Morgan fingerprint density at radius 1 is 1.36 bits per heavy atom. The van der Waals surface area contributed by atoms with Crippen molar-refractivity contribution in [3.05, 3.63) is 34.6 Å². The van der Waals surface area contributed by atoms with Gasteiger partial charge in [0.25, 0.3) is 0 Å². The number of benzene rings is 1. The highest BCUT2D eigenvalue weighted by Crippen LogP contribution is 2.43. The molecule has 1 aromatic rings. The Morgan fingerprint density at radius 3 is 2.72 bits per heavy atom. The number of hydrogen-bond donors (Lipinski definition) is 1. The van der Waals surface area contributed by atoms with Crippen LogP contribution in [-0.2, 0) is 20.9 Å². The molecule has 1 N–H and O–H groups in total. The van der Waals surface area contributed by atoms with Crippen molar-refractivity contribution in [1.82, 2.24) is 9.80 Å². The average Bonchev–Trinajstić information content (AvgIpc) is 3.01. The summed E-state index contributed by atoms with van der Waals surface area (Å²) < 4.78 is 18.4. The summed E-state index contributed by atoms with van der Waals surface area (Å²) in [4.78, 5) is 27.5. The lowest BCUT2D eigenvalue weighted by molar-refractivity contribution is -0.149. The number of halogens is 2. The molecule has 0 bridgehead atoms. The van der Waals surface area contributed by atoms with Gasteiger partial charge in [-0.25, -0.2) is 4.39 Å². The number of likely N-dealkylation sites (tertiary alicyclic amines) is 2. The van der Waals surface area contributed by atoms with Crippen LogP contribution in [0.3, 0.4) is 0 Å². The van der Waals surface area contributed by atoms with Gasteiger partial charge in [-0.1, -0.05) is 11.6 Å². The monoisotopic (exact) mass is 370 g/mol. The molecule has 2 aliphatic rings. The van der Waals surface area contributed by atoms with Gasteiger partial charge >= 0.3 is 5.97 Å². The number of carboxylic acids is 1. The van der Waals surface area contributed by atoms with Crippen molar-refractivity contribution >= 4 is 23.5 Å². The maximum absolute atomic E-state index is 13.5. The first-order chi connectivity index (χ1) is 11.8. The van der Waals surface area contributed by atoms with Crippen LogP contribution in [-0.4, -0.2) is 66.7 Å². The van der Waals surface area contributed by atoms with Crippen LogP contribution < -0.4 is 0 Å². The van der Waals surface area contributed by atoms with E-state index in [0.717, 1.165) is 0 Å². The maximum Gasteiger partial charge on any atom is 0.313 e. The first-order valence-corrected chi connectivity index (χ1v) is 8.39. The molecular formula is C17H20ClFN2O4. The predicted molar refractivity (Wildman–Crippen MR) is 88.7 cm³/mol. The standard InChI is InChI=1S/C17H20ClFN2O4/c1-25-8-15(22)21-7-12-6-20(9-17(12,10-21)16(23)24)5-11-2-13(18)4-14(19)3-11/h2-4,12H,5-10H2,1H3,(H,23,24)/t12-,17-/m0/s1. The van der Waals surface area contributed by atoms with Gasteiger partial charge in [0.1, 0.15) is 17.8 Å². The molecule has 1 amide bonds. The summed E-state index contributed by atoms with van der Waals surface area (Å²) in [6, 6.07) is 4.32. The third-order valence-electron chi connectivity index (χ3n) is 5.05. The summed E-state index contributed by atoms with van der Waals surface area (Å²) >= 11 is 5.88. The zero-order valence-corrected chi connectivity index (χ0v) is 14.6. The second-order valence-corrected chi connectivity index (χ2v) is 7.25. The highest BCUT2D eigenvalue weighted by atomic mass is 35.5. The Labute approximate surface area is 150 Å². The zero-order chi connectivity index (χ0) is 18.2. The molecule has 2 saturated heterocycles. The Hall–Kier alpha value is -1.70. The lowest BCUT2D eigenvalue weighted by Gasteiger charge is -2.25. The third-order valence-corrected chi connectivity index (χ3v) is 5.27. The molecule has 2 fully saturated rings. The van der Waals surface area contributed by atoms with Gasteiger partial charge in [0.15, 0.2) is 0 Å². The van der Waals surface area contributed by atoms with Gasteiger partial charge in [-0.2, -0.15) is 0 Å².